The van der Waals surface area contributed by atoms with Crippen LogP contribution in [0.5, 0.6) is 0 Å². The van der Waals surface area contributed by atoms with Crippen LogP contribution in [0.3, 0.4) is 0 Å². The zero-order valence-electron chi connectivity index (χ0n) is 13.9. The lowest BCUT2D eigenvalue weighted by molar-refractivity contribution is 0.568. The van der Waals surface area contributed by atoms with E-state index in [2.05, 4.69) is 15.0 Å². The lowest BCUT2D eigenvalue weighted by atomic mass is 10.2. The molecule has 1 saturated heterocycles. The lowest BCUT2D eigenvalue weighted by Gasteiger charge is -2.31. The third kappa shape index (κ3) is 3.06. The van der Waals surface area contributed by atoms with Gasteiger partial charge in [0, 0.05) is 36.1 Å². The zero-order chi connectivity index (χ0) is 17.5. The molecular weight excluding hydrogens is 328 g/mol. The number of hydrogen-bond donors (Lipinski definition) is 1. The maximum atomic E-state index is 11.9. The summed E-state index contributed by atoms with van der Waals surface area (Å²) < 4.78 is 23.6. The number of H-pyrrole nitrogens is 1. The first-order valence-electron chi connectivity index (χ1n) is 7.78. The van der Waals surface area contributed by atoms with Crippen LogP contribution in [0.2, 0.25) is 0 Å². The highest BCUT2D eigenvalue weighted by Gasteiger charge is 2.29. The van der Waals surface area contributed by atoms with E-state index in [1.54, 1.807) is 27.0 Å². The van der Waals surface area contributed by atoms with Crippen LogP contribution in [0.4, 0.5) is 5.82 Å². The standard InChI is InChI=1S/C16H20N4O3S/c1-10-9-20(6-7-24(10,22)23)14-5-4-13(8-17-14)15-18-12(3)11(2)16(21)19-15/h4-5,8,10H,6-7,9H2,1-3H3,(H,18,19,21). The molecule has 2 aromatic heterocycles. The van der Waals surface area contributed by atoms with Gasteiger partial charge in [0.25, 0.3) is 5.56 Å². The van der Waals surface area contributed by atoms with Crippen molar-refractivity contribution < 1.29 is 8.42 Å². The molecule has 0 bridgehead atoms. The molecular formula is C16H20N4O3S. The Morgan fingerprint density at radius 2 is 2.04 bits per heavy atom. The van der Waals surface area contributed by atoms with Gasteiger partial charge in [0.15, 0.2) is 9.84 Å². The third-order valence-corrected chi connectivity index (χ3v) is 6.60. The highest BCUT2D eigenvalue weighted by Crippen LogP contribution is 2.21. The fourth-order valence-electron chi connectivity index (χ4n) is 2.66. The van der Waals surface area contributed by atoms with Gasteiger partial charge >= 0.3 is 0 Å². The normalized spacial score (nSPS) is 20.1. The Hall–Kier alpha value is -2.22. The molecule has 0 amide bonds. The fraction of sp³-hybridized carbons (Fsp3) is 0.438. The number of anilines is 1. The Morgan fingerprint density at radius 1 is 1.29 bits per heavy atom. The number of nitrogens with one attached hydrogen (secondary N) is 1. The van der Waals surface area contributed by atoms with Crippen molar-refractivity contribution in [3.8, 4) is 11.4 Å². The van der Waals surface area contributed by atoms with Gasteiger partial charge in [-0.2, -0.15) is 0 Å². The van der Waals surface area contributed by atoms with Crippen LogP contribution in [0, 0.1) is 13.8 Å². The van der Waals surface area contributed by atoms with Crippen molar-refractivity contribution in [2.75, 3.05) is 23.7 Å². The van der Waals surface area contributed by atoms with Gasteiger partial charge in [0.05, 0.1) is 11.0 Å². The second kappa shape index (κ2) is 6.01. The van der Waals surface area contributed by atoms with Crippen molar-refractivity contribution in [1.29, 1.82) is 0 Å². The zero-order valence-corrected chi connectivity index (χ0v) is 14.7. The summed E-state index contributed by atoms with van der Waals surface area (Å²) in [4.78, 5) is 25.4. The molecule has 3 rings (SSSR count). The van der Waals surface area contributed by atoms with E-state index in [-0.39, 0.29) is 11.3 Å². The second-order valence-corrected chi connectivity index (χ2v) is 8.69. The van der Waals surface area contributed by atoms with Gasteiger partial charge < -0.3 is 9.88 Å². The van der Waals surface area contributed by atoms with E-state index in [9.17, 15) is 13.2 Å². The maximum Gasteiger partial charge on any atom is 0.254 e. The Morgan fingerprint density at radius 3 is 2.62 bits per heavy atom. The first-order chi connectivity index (χ1) is 11.3. The summed E-state index contributed by atoms with van der Waals surface area (Å²) in [5, 5.41) is -0.398. The van der Waals surface area contributed by atoms with E-state index >= 15 is 0 Å². The molecule has 24 heavy (non-hydrogen) atoms. The number of aromatic nitrogens is 3. The largest absolute Gasteiger partial charge is 0.354 e. The highest BCUT2D eigenvalue weighted by atomic mass is 32.2. The van der Waals surface area contributed by atoms with E-state index in [1.165, 1.54) is 0 Å². The summed E-state index contributed by atoms with van der Waals surface area (Å²) in [5.74, 6) is 1.35. The summed E-state index contributed by atoms with van der Waals surface area (Å²) in [6, 6.07) is 3.67. The molecule has 7 nitrogen and oxygen atoms in total. The average Bonchev–Trinajstić information content (AvgIpc) is 2.55. The van der Waals surface area contributed by atoms with Gasteiger partial charge in [-0.1, -0.05) is 0 Å². The van der Waals surface area contributed by atoms with Crippen LogP contribution in [0.25, 0.3) is 11.4 Å². The Labute approximate surface area is 140 Å². The number of sulfone groups is 1. The van der Waals surface area contributed by atoms with E-state index in [0.29, 0.717) is 30.2 Å². The van der Waals surface area contributed by atoms with E-state index < -0.39 is 15.1 Å². The molecule has 3 heterocycles. The Kier molecular flexibility index (Phi) is 4.16. The third-order valence-electron chi connectivity index (χ3n) is 4.48. The molecule has 1 atom stereocenters. The minimum absolute atomic E-state index is 0.142. The molecule has 1 unspecified atom stereocenters. The number of aromatic amines is 1. The molecule has 0 aliphatic carbocycles. The van der Waals surface area contributed by atoms with Crippen molar-refractivity contribution in [1.82, 2.24) is 15.0 Å². The average molecular weight is 348 g/mol. The maximum absolute atomic E-state index is 11.9. The van der Waals surface area contributed by atoms with Gasteiger partial charge in [-0.25, -0.2) is 18.4 Å². The minimum Gasteiger partial charge on any atom is -0.354 e. The predicted octanol–water partition coefficient (Wildman–Crippen LogP) is 1.07. The smallest absolute Gasteiger partial charge is 0.254 e. The Bertz CT molecular complexity index is 919. The van der Waals surface area contributed by atoms with E-state index in [0.717, 1.165) is 11.4 Å². The molecule has 0 saturated carbocycles. The molecule has 0 radical (unpaired) electrons. The first kappa shape index (κ1) is 16.6. The van der Waals surface area contributed by atoms with Gasteiger partial charge in [-0.3, -0.25) is 4.79 Å². The predicted molar refractivity (Wildman–Crippen MR) is 93.0 cm³/mol. The SMILES string of the molecule is Cc1nc(-c2ccc(N3CCS(=O)(=O)C(C)C3)nc2)[nH]c(=O)c1C. The number of hydrogen-bond acceptors (Lipinski definition) is 6. The lowest BCUT2D eigenvalue weighted by Crippen LogP contribution is -2.45. The second-order valence-electron chi connectivity index (χ2n) is 6.15. The topological polar surface area (TPSA) is 96.0 Å². The van der Waals surface area contributed by atoms with Crippen LogP contribution in [0.1, 0.15) is 18.2 Å². The van der Waals surface area contributed by atoms with Crippen LogP contribution >= 0.6 is 0 Å². The summed E-state index contributed by atoms with van der Waals surface area (Å²) in [6.45, 7) is 6.13. The minimum atomic E-state index is -2.99. The van der Waals surface area contributed by atoms with Gasteiger partial charge in [0.2, 0.25) is 0 Å². The number of nitrogens with zero attached hydrogens (tertiary/aromatic N) is 3. The summed E-state index contributed by atoms with van der Waals surface area (Å²) in [7, 11) is -2.99. The fourth-order valence-corrected chi connectivity index (χ4v) is 3.94. The van der Waals surface area contributed by atoms with Crippen LogP contribution in [-0.4, -0.2) is 47.5 Å². The van der Waals surface area contributed by atoms with Gasteiger partial charge in [-0.05, 0) is 32.9 Å². The van der Waals surface area contributed by atoms with Gasteiger partial charge in [-0.15, -0.1) is 0 Å². The summed E-state index contributed by atoms with van der Waals surface area (Å²) in [6.07, 6.45) is 1.65. The molecule has 2 aromatic rings. The Balaban J connectivity index is 1.85. The van der Waals surface area contributed by atoms with Crippen molar-refractivity contribution in [2.24, 2.45) is 0 Å². The molecule has 128 valence electrons. The number of pyridine rings is 1. The van der Waals surface area contributed by atoms with Crippen LogP contribution < -0.4 is 10.5 Å². The van der Waals surface area contributed by atoms with Crippen LogP contribution in [-0.2, 0) is 9.84 Å². The summed E-state index contributed by atoms with van der Waals surface area (Å²) >= 11 is 0. The molecule has 1 N–H and O–H groups in total. The molecule has 1 fully saturated rings. The molecule has 1 aliphatic rings. The molecule has 0 spiro atoms. The quantitative estimate of drug-likeness (QED) is 0.872. The number of aryl methyl sites for hydroxylation is 1. The van der Waals surface area contributed by atoms with E-state index in [4.69, 9.17) is 0 Å². The number of rotatable bonds is 2. The first-order valence-corrected chi connectivity index (χ1v) is 9.50. The van der Waals surface area contributed by atoms with Crippen molar-refractivity contribution in [3.05, 3.63) is 39.9 Å². The highest BCUT2D eigenvalue weighted by molar-refractivity contribution is 7.92. The molecule has 8 heteroatoms. The van der Waals surface area contributed by atoms with Gasteiger partial charge in [0.1, 0.15) is 11.6 Å². The van der Waals surface area contributed by atoms with Crippen molar-refractivity contribution in [3.63, 3.8) is 0 Å². The molecule has 0 aromatic carbocycles. The monoisotopic (exact) mass is 348 g/mol. The molecule has 1 aliphatic heterocycles. The van der Waals surface area contributed by atoms with E-state index in [1.807, 2.05) is 17.0 Å². The van der Waals surface area contributed by atoms with Crippen LogP contribution in [0.15, 0.2) is 23.1 Å². The van der Waals surface area contributed by atoms with Crippen molar-refractivity contribution >= 4 is 15.7 Å². The van der Waals surface area contributed by atoms with Crippen molar-refractivity contribution in [2.45, 2.75) is 26.0 Å². The summed E-state index contributed by atoms with van der Waals surface area (Å²) in [5.41, 5.74) is 1.85.